The number of anilines is 1. The van der Waals surface area contributed by atoms with Gasteiger partial charge in [-0.3, -0.25) is 14.1 Å². The first-order valence-electron chi connectivity index (χ1n) is 15.5. The van der Waals surface area contributed by atoms with Crippen LogP contribution < -0.4 is 9.47 Å². The number of thiazole rings is 1. The van der Waals surface area contributed by atoms with Crippen LogP contribution in [0.1, 0.15) is 31.2 Å². The lowest BCUT2D eigenvalue weighted by molar-refractivity contribution is -0.667. The van der Waals surface area contributed by atoms with Gasteiger partial charge in [-0.15, -0.1) is 22.7 Å². The molecule has 0 radical (unpaired) electrons. The van der Waals surface area contributed by atoms with E-state index in [4.69, 9.17) is 0 Å². The van der Waals surface area contributed by atoms with Gasteiger partial charge in [0.05, 0.1) is 32.3 Å². The Morgan fingerprint density at radius 1 is 0.898 bits per heavy atom. The summed E-state index contributed by atoms with van der Waals surface area (Å²) in [7, 11) is -8.15. The summed E-state index contributed by atoms with van der Waals surface area (Å²) in [6.07, 6.45) is 9.09. The number of thiophene rings is 2. The van der Waals surface area contributed by atoms with Gasteiger partial charge in [-0.05, 0) is 83.1 Å². The molecule has 1 aliphatic heterocycles. The summed E-state index contributed by atoms with van der Waals surface area (Å²) in [5.41, 5.74) is 3.19. The Labute approximate surface area is 301 Å². The Bertz CT molecular complexity index is 2350. The van der Waals surface area contributed by atoms with Gasteiger partial charge in [0.15, 0.2) is 6.54 Å². The SMILES string of the molecule is CCC(/C=C1\Sc2ccc3ccsc3c2N1CCCS(=O)(=O)O)=C\c1sc2ccc3sccc3c2[n+]1CCCS(=O)(=O)O.c1ccncc1. The van der Waals surface area contributed by atoms with Gasteiger partial charge in [0.25, 0.3) is 25.2 Å². The topological polar surface area (TPSA) is 129 Å². The number of pyridine rings is 1. The number of allylic oxidation sites excluding steroid dienone is 2. The highest BCUT2D eigenvalue weighted by molar-refractivity contribution is 8.03. The van der Waals surface area contributed by atoms with Crippen molar-refractivity contribution in [1.29, 1.82) is 0 Å². The van der Waals surface area contributed by atoms with Gasteiger partial charge in [0.2, 0.25) is 5.52 Å². The molecule has 0 amide bonds. The van der Waals surface area contributed by atoms with E-state index < -0.39 is 20.2 Å². The van der Waals surface area contributed by atoms with Crippen molar-refractivity contribution < 1.29 is 30.5 Å². The second-order valence-corrected chi connectivity index (χ2v) is 18.3. The molecule has 0 saturated carbocycles. The Morgan fingerprint density at radius 2 is 1.63 bits per heavy atom. The number of fused-ring (bicyclic) bond motifs is 6. The largest absolute Gasteiger partial charge is 0.334 e. The fourth-order valence-corrected chi connectivity index (χ4v) is 10.8. The molecule has 5 heterocycles. The summed E-state index contributed by atoms with van der Waals surface area (Å²) < 4.78 is 70.2. The van der Waals surface area contributed by atoms with Crippen LogP contribution in [-0.2, 0) is 26.8 Å². The van der Waals surface area contributed by atoms with E-state index in [1.165, 1.54) is 0 Å². The van der Waals surface area contributed by atoms with E-state index >= 15 is 0 Å². The minimum atomic E-state index is -4.07. The number of rotatable bonds is 11. The van der Waals surface area contributed by atoms with Crippen molar-refractivity contribution in [2.45, 2.75) is 37.6 Å². The molecule has 2 aromatic carbocycles. The van der Waals surface area contributed by atoms with Gasteiger partial charge in [-0.1, -0.05) is 42.2 Å². The molecule has 0 spiro atoms. The molecule has 2 N–H and O–H groups in total. The smallest absolute Gasteiger partial charge is 0.265 e. The molecule has 9 nitrogen and oxygen atoms in total. The Balaban J connectivity index is 0.000000628. The van der Waals surface area contributed by atoms with Crippen LogP contribution in [0.3, 0.4) is 0 Å². The Morgan fingerprint density at radius 3 is 2.33 bits per heavy atom. The van der Waals surface area contributed by atoms with Gasteiger partial charge < -0.3 is 4.90 Å². The third-order valence-electron chi connectivity index (χ3n) is 7.79. The molecule has 0 saturated heterocycles. The van der Waals surface area contributed by atoms with Crippen molar-refractivity contribution in [2.24, 2.45) is 0 Å². The third kappa shape index (κ3) is 8.78. The minimum Gasteiger partial charge on any atom is -0.334 e. The van der Waals surface area contributed by atoms with E-state index in [1.807, 2.05) is 18.2 Å². The van der Waals surface area contributed by atoms with E-state index in [0.29, 0.717) is 13.1 Å². The molecule has 7 rings (SSSR count). The van der Waals surface area contributed by atoms with Gasteiger partial charge in [0.1, 0.15) is 4.70 Å². The summed E-state index contributed by atoms with van der Waals surface area (Å²) in [6.45, 7) is 2.96. The Hall–Kier alpha value is -3.15. The fraction of sp³-hybridized carbons (Fsp3) is 0.235. The average molecular weight is 773 g/mol. The lowest BCUT2D eigenvalue weighted by atomic mass is 10.1. The maximum absolute atomic E-state index is 11.5. The van der Waals surface area contributed by atoms with E-state index in [-0.39, 0.29) is 24.3 Å². The second-order valence-electron chi connectivity index (χ2n) is 11.2. The lowest BCUT2D eigenvalue weighted by Gasteiger charge is -2.21. The van der Waals surface area contributed by atoms with Gasteiger partial charge in [0, 0.05) is 41.0 Å². The molecule has 1 aliphatic rings. The van der Waals surface area contributed by atoms with Crippen molar-refractivity contribution in [1.82, 2.24) is 4.98 Å². The number of benzene rings is 2. The fourth-order valence-electron chi connectivity index (χ4n) is 5.61. The summed E-state index contributed by atoms with van der Waals surface area (Å²) in [6, 6.07) is 18.3. The van der Waals surface area contributed by atoms with Crippen LogP contribution in [0.2, 0.25) is 0 Å². The van der Waals surface area contributed by atoms with Crippen LogP contribution in [0.4, 0.5) is 5.69 Å². The van der Waals surface area contributed by atoms with Crippen molar-refractivity contribution in [3.05, 3.63) is 99.4 Å². The first-order valence-corrected chi connectivity index (χ1v) is 22.1. The van der Waals surface area contributed by atoms with Gasteiger partial charge in [-0.2, -0.15) is 21.4 Å². The number of aryl methyl sites for hydroxylation is 1. The van der Waals surface area contributed by atoms with E-state index in [1.54, 1.807) is 58.2 Å². The average Bonchev–Trinajstić information content (AvgIpc) is 3.86. The summed E-state index contributed by atoms with van der Waals surface area (Å²) in [4.78, 5) is 7.05. The van der Waals surface area contributed by atoms with Gasteiger partial charge >= 0.3 is 0 Å². The molecule has 0 atom stereocenters. The molecule has 0 aliphatic carbocycles. The predicted octanol–water partition coefficient (Wildman–Crippen LogP) is 8.50. The quantitative estimate of drug-likeness (QED) is 0.0984. The molecule has 0 unspecified atom stereocenters. The van der Waals surface area contributed by atoms with Crippen LogP contribution in [0.15, 0.2) is 99.3 Å². The first kappa shape index (κ1) is 35.7. The maximum Gasteiger partial charge on any atom is 0.265 e. The number of aromatic nitrogens is 2. The van der Waals surface area contributed by atoms with Crippen LogP contribution in [0, 0.1) is 0 Å². The number of nitrogens with zero attached hydrogens (tertiary/aromatic N) is 3. The molecule has 4 aromatic heterocycles. The standard InChI is InChI=1S/C29H28N2O6S6.C5H5N/c1-2-19(17-25-30(11-3-15-42(32,33)34)27-21-10-14-38-22(21)7-8-23(27)40-25)18-26-31(12-4-16-43(35,36)37)28-24(41-26)6-5-20-9-13-39-29(20)28;1-2-4-6-5-3-1/h5-10,13-14,17-18H,2-4,11-12,15-16H2,1H3,(H-,32,33,34,35,36,37);1-5H/p+1. The maximum atomic E-state index is 11.5. The molecule has 6 aromatic rings. The van der Waals surface area contributed by atoms with E-state index in [0.717, 1.165) is 63.0 Å². The first-order chi connectivity index (χ1) is 23.5. The van der Waals surface area contributed by atoms with Crippen molar-refractivity contribution in [3.63, 3.8) is 0 Å². The van der Waals surface area contributed by atoms with Gasteiger partial charge in [-0.25, -0.2) is 0 Å². The lowest BCUT2D eigenvalue weighted by Crippen LogP contribution is -2.36. The zero-order valence-electron chi connectivity index (χ0n) is 26.4. The van der Waals surface area contributed by atoms with Crippen LogP contribution in [0.25, 0.3) is 36.5 Å². The molecule has 256 valence electrons. The number of thioether (sulfide) groups is 1. The molecule has 0 fully saturated rings. The highest BCUT2D eigenvalue weighted by atomic mass is 32.2. The molecule has 49 heavy (non-hydrogen) atoms. The zero-order valence-corrected chi connectivity index (χ0v) is 31.3. The normalized spacial score (nSPS) is 14.6. The molecular formula is C34H34N3O6S6+. The second kappa shape index (κ2) is 15.4. The van der Waals surface area contributed by atoms with Crippen molar-refractivity contribution >= 4 is 108 Å². The molecule has 0 bridgehead atoms. The summed E-state index contributed by atoms with van der Waals surface area (Å²) >= 11 is 6.61. The third-order valence-corrected chi connectivity index (χ3v) is 13.4. The molecular weight excluding hydrogens is 739 g/mol. The van der Waals surface area contributed by atoms with Crippen LogP contribution in [-0.4, -0.2) is 49.0 Å². The highest BCUT2D eigenvalue weighted by Gasteiger charge is 2.29. The number of hydrogen-bond donors (Lipinski definition) is 2. The minimum absolute atomic E-state index is 0.281. The van der Waals surface area contributed by atoms with Crippen LogP contribution >= 0.6 is 45.8 Å². The van der Waals surface area contributed by atoms with Crippen molar-refractivity contribution in [2.75, 3.05) is 23.0 Å². The number of hydrogen-bond acceptors (Lipinski definition) is 10. The monoisotopic (exact) mass is 772 g/mol. The molecule has 15 heteroatoms. The summed E-state index contributed by atoms with van der Waals surface area (Å²) in [5, 5.41) is 8.33. The Kier molecular flexibility index (Phi) is 11.2. The van der Waals surface area contributed by atoms with E-state index in [9.17, 15) is 25.9 Å². The van der Waals surface area contributed by atoms with Crippen LogP contribution in [0.5, 0.6) is 0 Å². The van der Waals surface area contributed by atoms with E-state index in [2.05, 4.69) is 80.7 Å². The summed E-state index contributed by atoms with van der Waals surface area (Å²) in [5.74, 6) is -0.620. The van der Waals surface area contributed by atoms with Crippen molar-refractivity contribution in [3.8, 4) is 0 Å². The highest BCUT2D eigenvalue weighted by Crippen LogP contribution is 2.51. The zero-order chi connectivity index (χ0) is 34.6. The predicted molar refractivity (Wildman–Crippen MR) is 205 cm³/mol.